The van der Waals surface area contributed by atoms with Gasteiger partial charge in [-0.1, -0.05) is 37.6 Å². The smallest absolute Gasteiger partial charge is 0.303 e. The number of aliphatic hydroxyl groups excluding tert-OH is 2. The van der Waals surface area contributed by atoms with Crippen molar-refractivity contribution in [2.75, 3.05) is 0 Å². The van der Waals surface area contributed by atoms with Crippen LogP contribution in [0.2, 0.25) is 0 Å². The van der Waals surface area contributed by atoms with Gasteiger partial charge in [0.1, 0.15) is 0 Å². The zero-order valence-corrected chi connectivity index (χ0v) is 17.0. The first-order chi connectivity index (χ1) is 13.4. The fourth-order valence-corrected chi connectivity index (χ4v) is 4.80. The van der Waals surface area contributed by atoms with Crippen molar-refractivity contribution in [3.05, 3.63) is 24.3 Å². The monoisotopic (exact) mass is 389 g/mol. The molecule has 5 nitrogen and oxygen atoms in total. The molecule has 0 spiro atoms. The van der Waals surface area contributed by atoms with Crippen LogP contribution < -0.4 is 0 Å². The van der Waals surface area contributed by atoms with Gasteiger partial charge in [0.15, 0.2) is 0 Å². The Balaban J connectivity index is 1.89. The molecule has 0 aromatic heterocycles. The molecule has 2 saturated carbocycles. The van der Waals surface area contributed by atoms with Gasteiger partial charge in [0.05, 0.1) is 24.2 Å². The number of nitriles is 1. The van der Waals surface area contributed by atoms with Crippen molar-refractivity contribution in [1.29, 1.82) is 5.26 Å². The fraction of sp³-hybridized carbons (Fsp3) is 0.739. The van der Waals surface area contributed by atoms with Gasteiger partial charge in [0, 0.05) is 12.3 Å². The molecule has 0 heterocycles. The summed E-state index contributed by atoms with van der Waals surface area (Å²) in [6, 6.07) is 2.34. The van der Waals surface area contributed by atoms with Crippen LogP contribution in [0.3, 0.4) is 0 Å². The van der Waals surface area contributed by atoms with Crippen LogP contribution in [0, 0.1) is 34.5 Å². The number of aliphatic carboxylic acids is 1. The lowest BCUT2D eigenvalue weighted by Gasteiger charge is -2.45. The summed E-state index contributed by atoms with van der Waals surface area (Å²) >= 11 is 0. The number of unbranched alkanes of at least 4 members (excludes halogenated alkanes) is 1. The molecule has 0 radical (unpaired) electrons. The van der Waals surface area contributed by atoms with E-state index in [2.05, 4.69) is 13.0 Å². The van der Waals surface area contributed by atoms with Gasteiger partial charge >= 0.3 is 5.97 Å². The number of carbonyl (C=O) groups is 1. The Morgan fingerprint density at radius 1 is 1.32 bits per heavy atom. The Morgan fingerprint density at radius 2 is 2.07 bits per heavy atom. The third kappa shape index (κ3) is 5.68. The Labute approximate surface area is 168 Å². The molecule has 0 aromatic rings. The second kappa shape index (κ2) is 10.8. The number of rotatable bonds is 11. The summed E-state index contributed by atoms with van der Waals surface area (Å²) in [5.74, 6) is -0.963. The van der Waals surface area contributed by atoms with Crippen LogP contribution in [-0.4, -0.2) is 33.5 Å². The molecular weight excluding hydrogens is 354 g/mol. The summed E-state index contributed by atoms with van der Waals surface area (Å²) in [5, 5.41) is 39.1. The molecule has 0 bridgehead atoms. The molecule has 0 saturated heterocycles. The van der Waals surface area contributed by atoms with Gasteiger partial charge in [-0.2, -0.15) is 5.26 Å². The van der Waals surface area contributed by atoms with E-state index in [-0.39, 0.29) is 35.7 Å². The molecule has 28 heavy (non-hydrogen) atoms. The van der Waals surface area contributed by atoms with E-state index in [4.69, 9.17) is 5.11 Å². The highest BCUT2D eigenvalue weighted by molar-refractivity contribution is 5.66. The maximum absolute atomic E-state index is 10.6. The van der Waals surface area contributed by atoms with Gasteiger partial charge in [-0.05, 0) is 62.7 Å². The molecule has 2 rings (SSSR count). The van der Waals surface area contributed by atoms with E-state index >= 15 is 0 Å². The zero-order valence-electron chi connectivity index (χ0n) is 17.0. The first-order valence-electron chi connectivity index (χ1n) is 10.7. The summed E-state index contributed by atoms with van der Waals surface area (Å²) in [6.07, 6.45) is 14.8. The zero-order chi connectivity index (χ0) is 20.6. The molecule has 0 aromatic carbocycles. The number of hydrogen-bond acceptors (Lipinski definition) is 4. The lowest BCUT2D eigenvalue weighted by atomic mass is 9.63. The van der Waals surface area contributed by atoms with Gasteiger partial charge in [0.25, 0.3) is 0 Å². The lowest BCUT2D eigenvalue weighted by Crippen LogP contribution is -2.40. The summed E-state index contributed by atoms with van der Waals surface area (Å²) in [5.41, 5.74) is 0.0753. The standard InChI is InChI=1S/C23H35NO4/c1-2-23(13-8-14-23)21(26)11-7-10-19-18(17(16-24)15-20(19)25)9-5-3-4-6-12-22(27)28/h3,5,7,10,17-21,25-26H,2,4,6,8-9,11-15H2,1H3,(H,27,28)/b5-3+,10-7+/t17-,18-,19+,20+,21?/m0/s1. The van der Waals surface area contributed by atoms with Crippen molar-refractivity contribution in [3.63, 3.8) is 0 Å². The molecule has 2 aliphatic rings. The van der Waals surface area contributed by atoms with Crippen LogP contribution in [-0.2, 0) is 4.79 Å². The van der Waals surface area contributed by atoms with Crippen molar-refractivity contribution in [2.45, 2.75) is 83.3 Å². The summed E-state index contributed by atoms with van der Waals surface area (Å²) in [4.78, 5) is 10.5. The summed E-state index contributed by atoms with van der Waals surface area (Å²) in [6.45, 7) is 2.14. The van der Waals surface area contributed by atoms with Crippen molar-refractivity contribution in [3.8, 4) is 6.07 Å². The third-order valence-corrected chi connectivity index (χ3v) is 6.93. The second-order valence-corrected chi connectivity index (χ2v) is 8.52. The Morgan fingerprint density at radius 3 is 2.64 bits per heavy atom. The number of hydrogen-bond donors (Lipinski definition) is 3. The van der Waals surface area contributed by atoms with Crippen LogP contribution in [0.5, 0.6) is 0 Å². The third-order valence-electron chi connectivity index (χ3n) is 6.93. The molecule has 5 heteroatoms. The molecule has 2 fully saturated rings. The minimum Gasteiger partial charge on any atom is -0.481 e. The SMILES string of the molecule is CCC1(C(O)C/C=C/[C@@H]2[C@@H](C/C=C/CCCC(=O)O)[C@H](C#N)C[C@H]2O)CCC1. The molecule has 1 unspecified atom stereocenters. The van der Waals surface area contributed by atoms with E-state index in [0.29, 0.717) is 32.1 Å². The molecular formula is C23H35NO4. The highest BCUT2D eigenvalue weighted by atomic mass is 16.4. The molecule has 2 aliphatic carbocycles. The van der Waals surface area contributed by atoms with Gasteiger partial charge < -0.3 is 15.3 Å². The normalized spacial score (nSPS) is 30.4. The van der Waals surface area contributed by atoms with Crippen LogP contribution >= 0.6 is 0 Å². The van der Waals surface area contributed by atoms with Gasteiger partial charge in [-0.15, -0.1) is 0 Å². The largest absolute Gasteiger partial charge is 0.481 e. The van der Waals surface area contributed by atoms with E-state index in [0.717, 1.165) is 19.3 Å². The van der Waals surface area contributed by atoms with Crippen molar-refractivity contribution < 1.29 is 20.1 Å². The average Bonchev–Trinajstić information content (AvgIpc) is 2.92. The first-order valence-corrected chi connectivity index (χ1v) is 10.7. The van der Waals surface area contributed by atoms with Crippen molar-refractivity contribution in [2.24, 2.45) is 23.2 Å². The highest BCUT2D eigenvalue weighted by Crippen LogP contribution is 2.48. The highest BCUT2D eigenvalue weighted by Gasteiger charge is 2.42. The topological polar surface area (TPSA) is 102 Å². The number of carboxylic acids is 1. The van der Waals surface area contributed by atoms with Crippen LogP contribution in [0.1, 0.15) is 71.1 Å². The van der Waals surface area contributed by atoms with E-state index in [9.17, 15) is 20.3 Å². The van der Waals surface area contributed by atoms with Crippen LogP contribution in [0.25, 0.3) is 0 Å². The summed E-state index contributed by atoms with van der Waals surface area (Å²) in [7, 11) is 0. The molecule has 0 amide bonds. The predicted molar refractivity (Wildman–Crippen MR) is 108 cm³/mol. The van der Waals surface area contributed by atoms with E-state index in [1.807, 2.05) is 24.3 Å². The minimum atomic E-state index is -0.781. The first kappa shape index (κ1) is 22.6. The predicted octanol–water partition coefficient (Wildman–Crippen LogP) is 4.21. The molecule has 5 atom stereocenters. The van der Waals surface area contributed by atoms with Gasteiger partial charge in [-0.25, -0.2) is 0 Å². The molecule has 3 N–H and O–H groups in total. The average molecular weight is 390 g/mol. The quantitative estimate of drug-likeness (QED) is 0.363. The van der Waals surface area contributed by atoms with E-state index in [1.165, 1.54) is 6.42 Å². The number of nitrogens with zero attached hydrogens (tertiary/aromatic N) is 1. The fourth-order valence-electron chi connectivity index (χ4n) is 4.80. The summed E-state index contributed by atoms with van der Waals surface area (Å²) < 4.78 is 0. The second-order valence-electron chi connectivity index (χ2n) is 8.52. The van der Waals surface area contributed by atoms with Gasteiger partial charge in [-0.3, -0.25) is 4.79 Å². The van der Waals surface area contributed by atoms with E-state index in [1.54, 1.807) is 0 Å². The maximum Gasteiger partial charge on any atom is 0.303 e. The number of aliphatic hydroxyl groups is 2. The Bertz CT molecular complexity index is 597. The molecule has 156 valence electrons. The Kier molecular flexibility index (Phi) is 8.72. The maximum atomic E-state index is 10.6. The van der Waals surface area contributed by atoms with Gasteiger partial charge in [0.2, 0.25) is 0 Å². The van der Waals surface area contributed by atoms with Crippen LogP contribution in [0.15, 0.2) is 24.3 Å². The van der Waals surface area contributed by atoms with Crippen molar-refractivity contribution >= 4 is 5.97 Å². The van der Waals surface area contributed by atoms with E-state index < -0.39 is 12.1 Å². The number of allylic oxidation sites excluding steroid dienone is 2. The Hall–Kier alpha value is -1.64. The number of carboxylic acid groups (broad SMARTS) is 1. The lowest BCUT2D eigenvalue weighted by molar-refractivity contribution is -0.137. The van der Waals surface area contributed by atoms with Crippen molar-refractivity contribution in [1.82, 2.24) is 0 Å². The molecule has 0 aliphatic heterocycles. The minimum absolute atomic E-state index is 0.0629. The van der Waals surface area contributed by atoms with Crippen LogP contribution in [0.4, 0.5) is 0 Å².